The van der Waals surface area contributed by atoms with Crippen LogP contribution in [0.2, 0.25) is 0 Å². The molecule has 0 saturated carbocycles. The standard InChI is InChI=1S/C17H23NO5/c1-11-8-13(22-3)14(23-4)9-12(11)15(19)18-7-5-6-17(2,10-18)16(20)21/h8-9H,5-7,10H2,1-4H3,(H,20,21). The Hall–Kier alpha value is -2.24. The van der Waals surface area contributed by atoms with Gasteiger partial charge >= 0.3 is 5.97 Å². The highest BCUT2D eigenvalue weighted by molar-refractivity contribution is 5.97. The van der Waals surface area contributed by atoms with E-state index >= 15 is 0 Å². The molecule has 1 heterocycles. The van der Waals surface area contributed by atoms with Crippen LogP contribution in [0, 0.1) is 12.3 Å². The average molecular weight is 321 g/mol. The first kappa shape index (κ1) is 17.1. The van der Waals surface area contributed by atoms with Gasteiger partial charge in [-0.3, -0.25) is 9.59 Å². The molecule has 0 aliphatic carbocycles. The van der Waals surface area contributed by atoms with Gasteiger partial charge < -0.3 is 19.5 Å². The monoisotopic (exact) mass is 321 g/mol. The molecular formula is C17H23NO5. The summed E-state index contributed by atoms with van der Waals surface area (Å²) in [5.74, 6) is 0.0182. The zero-order valence-electron chi connectivity index (χ0n) is 14.0. The van der Waals surface area contributed by atoms with Crippen LogP contribution in [0.4, 0.5) is 0 Å². The van der Waals surface area contributed by atoms with Crippen molar-refractivity contribution in [2.75, 3.05) is 27.3 Å². The van der Waals surface area contributed by atoms with Crippen LogP contribution in [0.25, 0.3) is 0 Å². The van der Waals surface area contributed by atoms with Gasteiger partial charge in [-0.15, -0.1) is 0 Å². The SMILES string of the molecule is COc1cc(C)c(C(=O)N2CCCC(C)(C(=O)O)C2)cc1OC. The number of benzene rings is 1. The summed E-state index contributed by atoms with van der Waals surface area (Å²) >= 11 is 0. The summed E-state index contributed by atoms with van der Waals surface area (Å²) < 4.78 is 10.5. The first-order chi connectivity index (χ1) is 10.8. The average Bonchev–Trinajstić information content (AvgIpc) is 2.53. The third-order valence-electron chi connectivity index (χ3n) is 4.46. The molecule has 1 atom stereocenters. The van der Waals surface area contributed by atoms with Crippen molar-refractivity contribution >= 4 is 11.9 Å². The van der Waals surface area contributed by atoms with Crippen molar-refractivity contribution < 1.29 is 24.2 Å². The van der Waals surface area contributed by atoms with Gasteiger partial charge in [0.25, 0.3) is 5.91 Å². The minimum atomic E-state index is -0.891. The number of amides is 1. The number of methoxy groups -OCH3 is 2. The number of carbonyl (C=O) groups is 2. The number of hydrogen-bond donors (Lipinski definition) is 1. The zero-order valence-corrected chi connectivity index (χ0v) is 14.0. The molecule has 0 spiro atoms. The van der Waals surface area contributed by atoms with Gasteiger partial charge in [0.1, 0.15) is 0 Å². The van der Waals surface area contributed by atoms with Crippen LogP contribution >= 0.6 is 0 Å². The molecule has 1 fully saturated rings. The molecule has 2 rings (SSSR count). The number of aliphatic carboxylic acids is 1. The Balaban J connectivity index is 2.31. The number of aryl methyl sites for hydroxylation is 1. The fourth-order valence-corrected chi connectivity index (χ4v) is 2.97. The van der Waals surface area contributed by atoms with Gasteiger partial charge in [-0.25, -0.2) is 0 Å². The number of likely N-dealkylation sites (tertiary alicyclic amines) is 1. The van der Waals surface area contributed by atoms with E-state index in [1.54, 1.807) is 31.1 Å². The van der Waals surface area contributed by atoms with Crippen LogP contribution in [0.5, 0.6) is 11.5 Å². The molecule has 1 aliphatic heterocycles. The second-order valence-corrected chi connectivity index (χ2v) is 6.22. The summed E-state index contributed by atoms with van der Waals surface area (Å²) in [6.07, 6.45) is 1.26. The van der Waals surface area contributed by atoms with Crippen LogP contribution in [-0.2, 0) is 4.79 Å². The maximum Gasteiger partial charge on any atom is 0.311 e. The van der Waals surface area contributed by atoms with E-state index < -0.39 is 11.4 Å². The van der Waals surface area contributed by atoms with E-state index in [-0.39, 0.29) is 12.5 Å². The van der Waals surface area contributed by atoms with Crippen molar-refractivity contribution in [3.05, 3.63) is 23.3 Å². The lowest BCUT2D eigenvalue weighted by Gasteiger charge is -2.37. The maximum absolute atomic E-state index is 12.8. The largest absolute Gasteiger partial charge is 0.493 e. The molecule has 1 aromatic carbocycles. The van der Waals surface area contributed by atoms with Crippen LogP contribution in [-0.4, -0.2) is 49.2 Å². The highest BCUT2D eigenvalue weighted by Crippen LogP contribution is 2.33. The van der Waals surface area contributed by atoms with Crippen molar-refractivity contribution in [2.24, 2.45) is 5.41 Å². The number of carboxylic acid groups (broad SMARTS) is 1. The molecule has 0 bridgehead atoms. The van der Waals surface area contributed by atoms with Gasteiger partial charge in [0.2, 0.25) is 0 Å². The number of ether oxygens (including phenoxy) is 2. The van der Waals surface area contributed by atoms with Gasteiger partial charge in [-0.2, -0.15) is 0 Å². The second kappa shape index (κ2) is 6.48. The third kappa shape index (κ3) is 3.25. The Kier molecular flexibility index (Phi) is 4.82. The summed E-state index contributed by atoms with van der Waals surface area (Å²) in [5.41, 5.74) is 0.394. The Morgan fingerprint density at radius 2 is 1.83 bits per heavy atom. The highest BCUT2D eigenvalue weighted by Gasteiger charge is 2.39. The van der Waals surface area contributed by atoms with E-state index in [1.807, 2.05) is 6.92 Å². The number of carboxylic acids is 1. The second-order valence-electron chi connectivity index (χ2n) is 6.22. The highest BCUT2D eigenvalue weighted by atomic mass is 16.5. The molecule has 23 heavy (non-hydrogen) atoms. The molecule has 1 aromatic rings. The van der Waals surface area contributed by atoms with Crippen LogP contribution in [0.3, 0.4) is 0 Å². The summed E-state index contributed by atoms with van der Waals surface area (Å²) in [7, 11) is 3.06. The Morgan fingerprint density at radius 3 is 2.39 bits per heavy atom. The van der Waals surface area contributed by atoms with Gasteiger partial charge in [-0.05, 0) is 44.4 Å². The van der Waals surface area contributed by atoms with E-state index in [2.05, 4.69) is 0 Å². The van der Waals surface area contributed by atoms with E-state index in [4.69, 9.17) is 9.47 Å². The third-order valence-corrected chi connectivity index (χ3v) is 4.46. The van der Waals surface area contributed by atoms with Crippen LogP contribution in [0.15, 0.2) is 12.1 Å². The quantitative estimate of drug-likeness (QED) is 0.921. The summed E-state index contributed by atoms with van der Waals surface area (Å²) in [6, 6.07) is 3.41. The van der Waals surface area contributed by atoms with E-state index in [1.165, 1.54) is 7.11 Å². The fraction of sp³-hybridized carbons (Fsp3) is 0.529. The molecule has 0 aromatic heterocycles. The molecule has 1 amide bonds. The minimum absolute atomic E-state index is 0.171. The van der Waals surface area contributed by atoms with Crippen molar-refractivity contribution in [2.45, 2.75) is 26.7 Å². The van der Waals surface area contributed by atoms with E-state index in [0.29, 0.717) is 36.4 Å². The van der Waals surface area contributed by atoms with Crippen molar-refractivity contribution in [1.82, 2.24) is 4.90 Å². The molecule has 1 N–H and O–H groups in total. The number of nitrogens with zero attached hydrogens (tertiary/aromatic N) is 1. The normalized spacial score (nSPS) is 21.0. The number of piperidine rings is 1. The molecule has 1 saturated heterocycles. The molecule has 1 unspecified atom stereocenters. The first-order valence-corrected chi connectivity index (χ1v) is 7.57. The Labute approximate surface area is 136 Å². The molecule has 126 valence electrons. The predicted octanol–water partition coefficient (Wildman–Crippen LogP) is 2.34. The van der Waals surface area contributed by atoms with Crippen molar-refractivity contribution in [3.63, 3.8) is 0 Å². The van der Waals surface area contributed by atoms with Gasteiger partial charge in [0, 0.05) is 18.7 Å². The Morgan fingerprint density at radius 1 is 1.22 bits per heavy atom. The predicted molar refractivity (Wildman–Crippen MR) is 85.2 cm³/mol. The van der Waals surface area contributed by atoms with Gasteiger partial charge in [-0.1, -0.05) is 0 Å². The topological polar surface area (TPSA) is 76.1 Å². The smallest absolute Gasteiger partial charge is 0.311 e. The molecule has 1 aliphatic rings. The van der Waals surface area contributed by atoms with Crippen molar-refractivity contribution in [3.8, 4) is 11.5 Å². The molecule has 6 heteroatoms. The molecular weight excluding hydrogens is 298 g/mol. The molecule has 6 nitrogen and oxygen atoms in total. The minimum Gasteiger partial charge on any atom is -0.493 e. The van der Waals surface area contributed by atoms with Crippen LogP contribution in [0.1, 0.15) is 35.7 Å². The summed E-state index contributed by atoms with van der Waals surface area (Å²) in [5, 5.41) is 9.40. The summed E-state index contributed by atoms with van der Waals surface area (Å²) in [4.78, 5) is 25.9. The summed E-state index contributed by atoms with van der Waals surface area (Å²) in [6.45, 7) is 4.30. The Bertz CT molecular complexity index is 628. The fourth-order valence-electron chi connectivity index (χ4n) is 2.97. The van der Waals surface area contributed by atoms with E-state index in [0.717, 1.165) is 5.56 Å². The number of rotatable bonds is 4. The van der Waals surface area contributed by atoms with Gasteiger partial charge in [0.15, 0.2) is 11.5 Å². The van der Waals surface area contributed by atoms with E-state index in [9.17, 15) is 14.7 Å². The van der Waals surface area contributed by atoms with Crippen molar-refractivity contribution in [1.29, 1.82) is 0 Å². The van der Waals surface area contributed by atoms with Crippen LogP contribution < -0.4 is 9.47 Å². The zero-order chi connectivity index (χ0) is 17.2. The van der Waals surface area contributed by atoms with Gasteiger partial charge in [0.05, 0.1) is 19.6 Å². The lowest BCUT2D eigenvalue weighted by Crippen LogP contribution is -2.48. The maximum atomic E-state index is 12.8. The molecule has 0 radical (unpaired) electrons. The lowest BCUT2D eigenvalue weighted by molar-refractivity contribution is -0.150. The number of hydrogen-bond acceptors (Lipinski definition) is 4. The first-order valence-electron chi connectivity index (χ1n) is 7.57. The number of carbonyl (C=O) groups excluding carboxylic acids is 1. The lowest BCUT2D eigenvalue weighted by atomic mass is 9.82.